The van der Waals surface area contributed by atoms with Gasteiger partial charge in [0.15, 0.2) is 6.61 Å². The molecule has 4 nitrogen and oxygen atoms in total. The molecule has 0 saturated heterocycles. The minimum Gasteiger partial charge on any atom is -0.484 e. The Balaban J connectivity index is 1.91. The van der Waals surface area contributed by atoms with Gasteiger partial charge in [-0.3, -0.25) is 4.79 Å². The van der Waals surface area contributed by atoms with Gasteiger partial charge in [0.25, 0.3) is 5.91 Å². The van der Waals surface area contributed by atoms with Crippen LogP contribution in [-0.4, -0.2) is 30.0 Å². The number of rotatable bonds is 5. The van der Waals surface area contributed by atoms with Crippen LogP contribution in [0.4, 0.5) is 0 Å². The van der Waals surface area contributed by atoms with Gasteiger partial charge in [-0.25, -0.2) is 0 Å². The van der Waals surface area contributed by atoms with E-state index >= 15 is 0 Å². The summed E-state index contributed by atoms with van der Waals surface area (Å²) in [5.41, 5.74) is 0. The molecular weight excluding hydrogens is 252 g/mol. The molecule has 1 saturated carbocycles. The number of amides is 1. The number of nitrogens with zero attached hydrogens (tertiary/aromatic N) is 2. The first-order valence-electron chi connectivity index (χ1n) is 7.15. The summed E-state index contributed by atoms with van der Waals surface area (Å²) in [6, 6.07) is 11.6. The van der Waals surface area contributed by atoms with Crippen LogP contribution in [-0.2, 0) is 4.79 Å². The molecule has 0 N–H and O–H groups in total. The van der Waals surface area contributed by atoms with Crippen LogP contribution in [0.15, 0.2) is 30.3 Å². The van der Waals surface area contributed by atoms with E-state index in [1.54, 1.807) is 4.90 Å². The van der Waals surface area contributed by atoms with Crippen LogP contribution in [0.1, 0.15) is 32.1 Å². The third kappa shape index (κ3) is 3.99. The second-order valence-corrected chi connectivity index (χ2v) is 5.07. The number of hydrogen-bond donors (Lipinski definition) is 0. The Morgan fingerprint density at radius 2 is 1.95 bits per heavy atom. The van der Waals surface area contributed by atoms with Crippen molar-refractivity contribution in [3.63, 3.8) is 0 Å². The highest BCUT2D eigenvalue weighted by atomic mass is 16.5. The molecule has 1 fully saturated rings. The van der Waals surface area contributed by atoms with Gasteiger partial charge in [0.2, 0.25) is 0 Å². The fourth-order valence-electron chi connectivity index (χ4n) is 2.63. The van der Waals surface area contributed by atoms with E-state index in [1.807, 2.05) is 30.3 Å². The largest absolute Gasteiger partial charge is 0.484 e. The molecule has 0 heterocycles. The van der Waals surface area contributed by atoms with E-state index in [0.717, 1.165) is 25.7 Å². The number of carbonyl (C=O) groups is 1. The summed E-state index contributed by atoms with van der Waals surface area (Å²) in [6.45, 7) is 0.157. The Labute approximate surface area is 120 Å². The molecule has 1 amide bonds. The smallest absolute Gasteiger partial charge is 0.261 e. The highest BCUT2D eigenvalue weighted by Crippen LogP contribution is 2.22. The fourth-order valence-corrected chi connectivity index (χ4v) is 2.63. The van der Waals surface area contributed by atoms with Crippen molar-refractivity contribution in [3.8, 4) is 11.8 Å². The van der Waals surface area contributed by atoms with Crippen molar-refractivity contribution in [2.45, 2.75) is 38.1 Å². The van der Waals surface area contributed by atoms with E-state index < -0.39 is 0 Å². The standard InChI is InChI=1S/C16H20N2O2/c17-11-12-18(14-7-3-1-4-8-14)16(19)13-20-15-9-5-2-6-10-15/h2,5-6,9-10,14H,1,3-4,7-8,12-13H2. The van der Waals surface area contributed by atoms with Gasteiger partial charge in [-0.2, -0.15) is 5.26 Å². The number of hydrogen-bond acceptors (Lipinski definition) is 3. The molecule has 0 spiro atoms. The maximum atomic E-state index is 12.3. The Bertz CT molecular complexity index is 461. The lowest BCUT2D eigenvalue weighted by atomic mass is 9.94. The highest BCUT2D eigenvalue weighted by molar-refractivity contribution is 5.78. The van der Waals surface area contributed by atoms with E-state index in [4.69, 9.17) is 10.00 Å². The number of nitriles is 1. The summed E-state index contributed by atoms with van der Waals surface area (Å²) >= 11 is 0. The Morgan fingerprint density at radius 1 is 1.25 bits per heavy atom. The van der Waals surface area contributed by atoms with Gasteiger partial charge in [0.1, 0.15) is 12.3 Å². The van der Waals surface area contributed by atoms with Gasteiger partial charge >= 0.3 is 0 Å². The summed E-state index contributed by atoms with van der Waals surface area (Å²) in [6.07, 6.45) is 5.50. The first-order chi connectivity index (χ1) is 9.81. The molecule has 2 rings (SSSR count). The monoisotopic (exact) mass is 272 g/mol. The topological polar surface area (TPSA) is 53.3 Å². The Morgan fingerprint density at radius 3 is 2.60 bits per heavy atom. The zero-order valence-electron chi connectivity index (χ0n) is 11.6. The van der Waals surface area contributed by atoms with Crippen molar-refractivity contribution in [1.29, 1.82) is 5.26 Å². The Kier molecular flexibility index (Phi) is 5.43. The molecular formula is C16H20N2O2. The maximum Gasteiger partial charge on any atom is 0.261 e. The molecule has 1 aliphatic rings. The first-order valence-corrected chi connectivity index (χ1v) is 7.15. The van der Waals surface area contributed by atoms with E-state index in [9.17, 15) is 4.79 Å². The first kappa shape index (κ1) is 14.4. The third-order valence-electron chi connectivity index (χ3n) is 3.68. The molecule has 0 aliphatic heterocycles. The quantitative estimate of drug-likeness (QED) is 0.774. The van der Waals surface area contributed by atoms with Crippen LogP contribution < -0.4 is 4.74 Å². The van der Waals surface area contributed by atoms with Crippen LogP contribution in [0.2, 0.25) is 0 Å². The minimum atomic E-state index is -0.0951. The molecule has 0 aromatic heterocycles. The molecule has 0 radical (unpaired) electrons. The van der Waals surface area contributed by atoms with Crippen LogP contribution in [0.5, 0.6) is 5.75 Å². The average molecular weight is 272 g/mol. The summed E-state index contributed by atoms with van der Waals surface area (Å²) < 4.78 is 5.49. The van der Waals surface area contributed by atoms with E-state index in [2.05, 4.69) is 6.07 Å². The fraction of sp³-hybridized carbons (Fsp3) is 0.500. The van der Waals surface area contributed by atoms with Gasteiger partial charge in [-0.1, -0.05) is 37.5 Å². The van der Waals surface area contributed by atoms with E-state index in [-0.39, 0.29) is 25.1 Å². The highest BCUT2D eigenvalue weighted by Gasteiger charge is 2.25. The summed E-state index contributed by atoms with van der Waals surface area (Å²) in [4.78, 5) is 13.9. The number of benzene rings is 1. The summed E-state index contributed by atoms with van der Waals surface area (Å²) in [5.74, 6) is 0.587. The molecule has 0 atom stereocenters. The lowest BCUT2D eigenvalue weighted by Crippen LogP contribution is -2.44. The SMILES string of the molecule is N#CCN(C(=O)COc1ccccc1)C1CCCCC1. The van der Waals surface area contributed by atoms with Crippen LogP contribution in [0.3, 0.4) is 0 Å². The van der Waals surface area contributed by atoms with Gasteiger partial charge < -0.3 is 9.64 Å². The summed E-state index contributed by atoms with van der Waals surface area (Å²) in [5, 5.41) is 8.92. The molecule has 1 aromatic carbocycles. The van der Waals surface area contributed by atoms with E-state index in [0.29, 0.717) is 5.75 Å². The molecule has 1 aromatic rings. The average Bonchev–Trinajstić information content (AvgIpc) is 2.52. The predicted octanol–water partition coefficient (Wildman–Crippen LogP) is 2.75. The van der Waals surface area contributed by atoms with Crippen LogP contribution in [0, 0.1) is 11.3 Å². The second kappa shape index (κ2) is 7.54. The van der Waals surface area contributed by atoms with Crippen molar-refractivity contribution in [2.75, 3.05) is 13.2 Å². The lowest BCUT2D eigenvalue weighted by Gasteiger charge is -2.32. The van der Waals surface area contributed by atoms with Gasteiger partial charge in [0, 0.05) is 6.04 Å². The van der Waals surface area contributed by atoms with Crippen molar-refractivity contribution in [2.24, 2.45) is 0 Å². The third-order valence-corrected chi connectivity index (χ3v) is 3.68. The van der Waals surface area contributed by atoms with Gasteiger partial charge in [-0.05, 0) is 25.0 Å². The Hall–Kier alpha value is -2.02. The number of ether oxygens (including phenoxy) is 1. The predicted molar refractivity (Wildman–Crippen MR) is 76.1 cm³/mol. The molecule has 106 valence electrons. The van der Waals surface area contributed by atoms with Gasteiger partial charge in [0.05, 0.1) is 6.07 Å². The molecule has 20 heavy (non-hydrogen) atoms. The van der Waals surface area contributed by atoms with Crippen molar-refractivity contribution < 1.29 is 9.53 Å². The normalized spacial score (nSPS) is 15.3. The minimum absolute atomic E-state index is 0.00218. The zero-order valence-corrected chi connectivity index (χ0v) is 11.6. The number of carbonyl (C=O) groups excluding carboxylic acids is 1. The molecule has 4 heteroatoms. The van der Waals surface area contributed by atoms with Crippen LogP contribution in [0.25, 0.3) is 0 Å². The zero-order chi connectivity index (χ0) is 14.2. The lowest BCUT2D eigenvalue weighted by molar-refractivity contribution is -0.135. The van der Waals surface area contributed by atoms with Crippen molar-refractivity contribution in [1.82, 2.24) is 4.90 Å². The molecule has 1 aliphatic carbocycles. The maximum absolute atomic E-state index is 12.3. The van der Waals surface area contributed by atoms with Gasteiger partial charge in [-0.15, -0.1) is 0 Å². The van der Waals surface area contributed by atoms with Crippen molar-refractivity contribution >= 4 is 5.91 Å². The van der Waals surface area contributed by atoms with Crippen LogP contribution >= 0.6 is 0 Å². The summed E-state index contributed by atoms with van der Waals surface area (Å²) in [7, 11) is 0. The second-order valence-electron chi connectivity index (χ2n) is 5.07. The molecule has 0 bridgehead atoms. The number of para-hydroxylation sites is 1. The van der Waals surface area contributed by atoms with Crippen molar-refractivity contribution in [3.05, 3.63) is 30.3 Å². The van der Waals surface area contributed by atoms with E-state index in [1.165, 1.54) is 6.42 Å². The molecule has 0 unspecified atom stereocenters.